The van der Waals surface area contributed by atoms with Crippen molar-refractivity contribution in [3.05, 3.63) is 12.2 Å². The van der Waals surface area contributed by atoms with Gasteiger partial charge in [0, 0.05) is 29.6 Å². The quantitative estimate of drug-likeness (QED) is 0.0560. The van der Waals surface area contributed by atoms with Crippen LogP contribution in [0.3, 0.4) is 0 Å². The summed E-state index contributed by atoms with van der Waals surface area (Å²) in [6.07, 6.45) is 13.5. The Hall–Kier alpha value is -4.50. The van der Waals surface area contributed by atoms with E-state index >= 15 is 14.4 Å². The van der Waals surface area contributed by atoms with Crippen LogP contribution in [0.15, 0.2) is 12.2 Å². The summed E-state index contributed by atoms with van der Waals surface area (Å²) in [4.78, 5) is 115. The van der Waals surface area contributed by atoms with E-state index in [1.807, 2.05) is 6.92 Å². The summed E-state index contributed by atoms with van der Waals surface area (Å²) in [5.74, 6) is -1.91. The Morgan fingerprint density at radius 2 is 1.29 bits per heavy atom. The third-order valence-corrected chi connectivity index (χ3v) is 23.3. The second kappa shape index (κ2) is 21.2. The fourth-order valence-corrected chi connectivity index (χ4v) is 20.1. The van der Waals surface area contributed by atoms with Gasteiger partial charge in [-0.2, -0.15) is 0 Å². The highest BCUT2D eigenvalue weighted by Crippen LogP contribution is 2.66. The number of carbonyl (C=O) groups is 8. The molecule has 11 fully saturated rings. The second-order valence-corrected chi connectivity index (χ2v) is 31.7. The molecule has 16 nitrogen and oxygen atoms in total. The highest BCUT2D eigenvalue weighted by molar-refractivity contribution is 5.87. The van der Waals surface area contributed by atoms with Gasteiger partial charge in [-0.25, -0.2) is 9.59 Å². The van der Waals surface area contributed by atoms with Crippen LogP contribution < -0.4 is 0 Å². The molecule has 0 N–H and O–H groups in total. The van der Waals surface area contributed by atoms with Gasteiger partial charge >= 0.3 is 47.8 Å². The Morgan fingerprint density at radius 3 is 1.89 bits per heavy atom. The first-order chi connectivity index (χ1) is 38.3. The number of esters is 8. The molecule has 0 aromatic carbocycles. The number of ether oxygens (including phenoxy) is 8. The van der Waals surface area contributed by atoms with Crippen molar-refractivity contribution in [3.8, 4) is 0 Å². The molecule has 12 rings (SSSR count). The molecule has 0 spiro atoms. The number of hydrogen-bond acceptors (Lipinski definition) is 16. The van der Waals surface area contributed by atoms with E-state index in [9.17, 15) is 24.0 Å². The molecule has 10 bridgehead atoms. The van der Waals surface area contributed by atoms with E-state index in [0.717, 1.165) is 51.4 Å². The van der Waals surface area contributed by atoms with E-state index in [1.54, 1.807) is 48.5 Å². The highest BCUT2D eigenvalue weighted by Gasteiger charge is 2.66. The molecule has 16 heteroatoms. The SMILES string of the molecule is CC1C2CCC(C2)C1CC(C)(CC(C)(CC(C)(CC(C)(C)C(=O)OCC(=O)OC(CC(=O)OC(C)(C)C)C1CC2C=CC1C2)C(=O)OC1CCOC1=O)C(=O)OC1C2CC3C(=O)OC1C3C2)C(=O)OC(C)(C)C12CC3CC(CC(C3)C1)C2. The number of cyclic esters (lactones) is 1. The summed E-state index contributed by atoms with van der Waals surface area (Å²) < 4.78 is 48.4. The summed E-state index contributed by atoms with van der Waals surface area (Å²) in [7, 11) is 0. The summed E-state index contributed by atoms with van der Waals surface area (Å²) in [6.45, 7) is 19.5. The zero-order chi connectivity index (χ0) is 58.9. The van der Waals surface area contributed by atoms with E-state index in [-0.39, 0.29) is 91.6 Å². The average Bonchev–Trinajstić information content (AvgIpc) is 1.67. The summed E-state index contributed by atoms with van der Waals surface area (Å²) in [5.41, 5.74) is -8.03. The van der Waals surface area contributed by atoms with Crippen molar-refractivity contribution in [1.82, 2.24) is 0 Å². The van der Waals surface area contributed by atoms with Gasteiger partial charge in [-0.3, -0.25) is 28.8 Å². The molecular formula is C66H94O16. The lowest BCUT2D eigenvalue weighted by Crippen LogP contribution is -2.58. The lowest BCUT2D eigenvalue weighted by atomic mass is 9.46. The predicted octanol–water partition coefficient (Wildman–Crippen LogP) is 10.6. The van der Waals surface area contributed by atoms with Crippen LogP contribution in [-0.2, 0) is 76.3 Å². The zero-order valence-corrected chi connectivity index (χ0v) is 50.9. The number of rotatable bonds is 22. The lowest BCUT2D eigenvalue weighted by Gasteiger charge is -2.61. The van der Waals surface area contributed by atoms with Crippen LogP contribution in [0.2, 0.25) is 0 Å². The van der Waals surface area contributed by atoms with E-state index in [0.29, 0.717) is 60.7 Å². The van der Waals surface area contributed by atoms with Crippen LogP contribution in [0.4, 0.5) is 0 Å². The molecule has 2 aliphatic heterocycles. The van der Waals surface area contributed by atoms with Gasteiger partial charge < -0.3 is 37.9 Å². The maximum absolute atomic E-state index is 16.0. The summed E-state index contributed by atoms with van der Waals surface area (Å²) >= 11 is 0. The van der Waals surface area contributed by atoms with Crippen molar-refractivity contribution in [2.75, 3.05) is 13.2 Å². The van der Waals surface area contributed by atoms with Crippen LogP contribution in [0.25, 0.3) is 0 Å². The fourth-order valence-electron chi connectivity index (χ4n) is 20.1. The van der Waals surface area contributed by atoms with Crippen molar-refractivity contribution >= 4 is 47.8 Å². The molecule has 10 aliphatic carbocycles. The maximum Gasteiger partial charge on any atom is 0.347 e. The maximum atomic E-state index is 16.0. The van der Waals surface area contributed by atoms with Gasteiger partial charge in [0.1, 0.15) is 29.5 Å². The first-order valence-electron chi connectivity index (χ1n) is 31.6. The van der Waals surface area contributed by atoms with E-state index in [4.69, 9.17) is 37.9 Å². The molecule has 0 amide bonds. The minimum atomic E-state index is -1.77. The molecule has 82 heavy (non-hydrogen) atoms. The van der Waals surface area contributed by atoms with Gasteiger partial charge in [-0.1, -0.05) is 19.1 Å². The van der Waals surface area contributed by atoms with Gasteiger partial charge in [0.15, 0.2) is 6.61 Å². The fraction of sp³-hybridized carbons (Fsp3) is 0.848. The van der Waals surface area contributed by atoms with Gasteiger partial charge in [0.25, 0.3) is 0 Å². The Kier molecular flexibility index (Phi) is 15.3. The first kappa shape index (κ1) is 59.2. The number of hydrogen-bond donors (Lipinski definition) is 0. The molecule has 12 aliphatic rings. The lowest BCUT2D eigenvalue weighted by molar-refractivity contribution is -0.210. The Morgan fingerprint density at radius 1 is 0.646 bits per heavy atom. The molecule has 17 unspecified atom stereocenters. The minimum absolute atomic E-state index is 0.0421. The smallest absolute Gasteiger partial charge is 0.347 e. The van der Waals surface area contributed by atoms with Crippen LogP contribution in [-0.4, -0.2) is 96.6 Å². The number of allylic oxidation sites excluding steroid dienone is 2. The van der Waals surface area contributed by atoms with Crippen molar-refractivity contribution in [3.63, 3.8) is 0 Å². The van der Waals surface area contributed by atoms with Gasteiger partial charge in [-0.05, 0) is 232 Å². The molecule has 0 aromatic heterocycles. The van der Waals surface area contributed by atoms with Crippen LogP contribution in [0.1, 0.15) is 198 Å². The molecule has 17 atom stereocenters. The summed E-state index contributed by atoms with van der Waals surface area (Å²) in [5, 5.41) is 0. The Bertz CT molecular complexity index is 2570. The summed E-state index contributed by atoms with van der Waals surface area (Å²) in [6, 6.07) is 0. The van der Waals surface area contributed by atoms with Crippen LogP contribution >= 0.6 is 0 Å². The average molecular weight is 1140 g/mol. The van der Waals surface area contributed by atoms with Gasteiger partial charge in [-0.15, -0.1) is 0 Å². The molecule has 0 aromatic rings. The van der Waals surface area contributed by atoms with Crippen molar-refractivity contribution in [2.24, 2.45) is 104 Å². The minimum Gasteiger partial charge on any atom is -0.463 e. The molecule has 454 valence electrons. The predicted molar refractivity (Wildman–Crippen MR) is 296 cm³/mol. The standard InChI is InChI=1S/C66H94O16/c1-35-40-14-15-42(23-40)47(35)30-63(9,59(74)82-62(7,8)66-27-37-18-38(28-66)20-39(19-37)29-66)33-65(11,58(73)80-52-43-24-45-46(25-43)54(69)79-53(45)52)34-64(10,57(72)78-48-16-17-75-55(48)70)32-61(5,6)56(71)76-31-51(68)77-49(26-50(67)81-60(2,3)4)44-22-36-12-13-41(44)21-36/h12-13,35-49,52-53H,14-34H2,1-11H3. The van der Waals surface area contributed by atoms with Crippen LogP contribution in [0, 0.1) is 104 Å². The Labute approximate surface area is 485 Å². The topological polar surface area (TPSA) is 210 Å². The van der Waals surface area contributed by atoms with E-state index in [1.165, 1.54) is 19.3 Å². The number of carbonyl (C=O) groups excluding carboxylic acids is 8. The van der Waals surface area contributed by atoms with Crippen LogP contribution in [0.5, 0.6) is 0 Å². The van der Waals surface area contributed by atoms with Gasteiger partial charge in [0.2, 0.25) is 6.10 Å². The molecular weight excluding hydrogens is 1050 g/mol. The second-order valence-electron chi connectivity index (χ2n) is 31.7. The molecule has 9 saturated carbocycles. The normalized spacial score (nSPS) is 38.8. The monoisotopic (exact) mass is 1140 g/mol. The molecule has 2 saturated heterocycles. The number of fused-ring (bicyclic) bond motifs is 5. The third-order valence-electron chi connectivity index (χ3n) is 23.3. The van der Waals surface area contributed by atoms with Crippen molar-refractivity contribution < 1.29 is 76.3 Å². The molecule has 0 radical (unpaired) electrons. The third kappa shape index (κ3) is 11.2. The largest absolute Gasteiger partial charge is 0.463 e. The van der Waals surface area contributed by atoms with E-state index in [2.05, 4.69) is 32.9 Å². The zero-order valence-electron chi connectivity index (χ0n) is 50.9. The Balaban J connectivity index is 0.894. The highest BCUT2D eigenvalue weighted by atomic mass is 16.6. The first-order valence-corrected chi connectivity index (χ1v) is 31.6. The van der Waals surface area contributed by atoms with E-state index < -0.39 is 99.7 Å². The van der Waals surface area contributed by atoms with Gasteiger partial charge in [0.05, 0.1) is 40.6 Å². The van der Waals surface area contributed by atoms with Crippen molar-refractivity contribution in [2.45, 2.75) is 234 Å². The van der Waals surface area contributed by atoms with Crippen molar-refractivity contribution in [1.29, 1.82) is 0 Å². The molecule has 2 heterocycles.